The van der Waals surface area contributed by atoms with Crippen LogP contribution in [0.15, 0.2) is 18.2 Å². The second kappa shape index (κ2) is 4.82. The normalized spacial score (nSPS) is 16.8. The van der Waals surface area contributed by atoms with Crippen molar-refractivity contribution in [3.8, 4) is 6.07 Å². The summed E-state index contributed by atoms with van der Waals surface area (Å²) in [5.41, 5.74) is 0.368. The molecule has 84 valence electrons. The zero-order valence-corrected chi connectivity index (χ0v) is 9.47. The molecule has 0 heterocycles. The van der Waals surface area contributed by atoms with Crippen molar-refractivity contribution in [2.75, 3.05) is 6.54 Å². The first-order chi connectivity index (χ1) is 7.70. The molecule has 1 aromatic rings. The van der Waals surface area contributed by atoms with E-state index in [0.717, 1.165) is 6.54 Å². The Kier molecular flexibility index (Phi) is 3.42. The van der Waals surface area contributed by atoms with Crippen LogP contribution in [-0.4, -0.2) is 6.54 Å². The van der Waals surface area contributed by atoms with E-state index in [1.807, 2.05) is 0 Å². The van der Waals surface area contributed by atoms with Crippen LogP contribution in [0.1, 0.15) is 24.4 Å². The molecule has 0 aliphatic heterocycles. The third kappa shape index (κ3) is 2.72. The molecule has 16 heavy (non-hydrogen) atoms. The van der Waals surface area contributed by atoms with E-state index in [-0.39, 0.29) is 0 Å². The van der Waals surface area contributed by atoms with E-state index in [1.54, 1.807) is 12.1 Å². The number of nitrogens with zero attached hydrogens (tertiary/aromatic N) is 1. The zero-order chi connectivity index (χ0) is 11.5. The second-order valence-electron chi connectivity index (χ2n) is 4.08. The van der Waals surface area contributed by atoms with Crippen LogP contribution in [0.5, 0.6) is 0 Å². The van der Waals surface area contributed by atoms with E-state index in [4.69, 9.17) is 16.9 Å². The van der Waals surface area contributed by atoms with Crippen molar-refractivity contribution < 1.29 is 4.39 Å². The maximum absolute atomic E-state index is 13.6. The Morgan fingerprint density at radius 3 is 2.88 bits per heavy atom. The van der Waals surface area contributed by atoms with Gasteiger partial charge in [-0.2, -0.15) is 5.26 Å². The first-order valence-corrected chi connectivity index (χ1v) is 5.66. The minimum atomic E-state index is -0.585. The highest BCUT2D eigenvalue weighted by atomic mass is 35.5. The number of nitrogens with one attached hydrogen (secondary N) is 1. The molecule has 1 aromatic carbocycles. The number of hydrogen-bond donors (Lipinski definition) is 1. The molecular weight excluding hydrogens is 227 g/mol. The Balaban J connectivity index is 2.09. The summed E-state index contributed by atoms with van der Waals surface area (Å²) in [6.45, 7) is 0.778. The number of benzene rings is 1. The summed E-state index contributed by atoms with van der Waals surface area (Å²) in [7, 11) is 0. The Morgan fingerprint density at radius 1 is 1.56 bits per heavy atom. The van der Waals surface area contributed by atoms with Gasteiger partial charge in [-0.3, -0.25) is 5.32 Å². The molecule has 0 radical (unpaired) electrons. The van der Waals surface area contributed by atoms with Gasteiger partial charge in [0.25, 0.3) is 0 Å². The van der Waals surface area contributed by atoms with Crippen LogP contribution in [0.25, 0.3) is 0 Å². The monoisotopic (exact) mass is 238 g/mol. The van der Waals surface area contributed by atoms with Gasteiger partial charge < -0.3 is 0 Å². The highest BCUT2D eigenvalue weighted by Gasteiger charge is 2.23. The lowest BCUT2D eigenvalue weighted by atomic mass is 10.1. The highest BCUT2D eigenvalue weighted by Crippen LogP contribution is 2.29. The van der Waals surface area contributed by atoms with Gasteiger partial charge in [-0.15, -0.1) is 0 Å². The molecule has 1 aliphatic carbocycles. The number of nitriles is 1. The predicted molar refractivity (Wildman–Crippen MR) is 60.5 cm³/mol. The lowest BCUT2D eigenvalue weighted by Gasteiger charge is -2.12. The third-order valence-corrected chi connectivity index (χ3v) is 2.95. The summed E-state index contributed by atoms with van der Waals surface area (Å²) in [5.74, 6) is 0.230. The van der Waals surface area contributed by atoms with Crippen LogP contribution in [0, 0.1) is 23.1 Å². The largest absolute Gasteiger partial charge is 0.298 e. The maximum Gasteiger partial charge on any atom is 0.130 e. The molecule has 0 spiro atoms. The minimum Gasteiger partial charge on any atom is -0.298 e. The SMILES string of the molecule is N#CC(NCC1CC1)c1ccc(Cl)cc1F. The highest BCUT2D eigenvalue weighted by molar-refractivity contribution is 6.30. The van der Waals surface area contributed by atoms with Crippen molar-refractivity contribution in [1.29, 1.82) is 5.26 Å². The summed E-state index contributed by atoms with van der Waals surface area (Å²) in [6.07, 6.45) is 2.41. The van der Waals surface area contributed by atoms with Crippen LogP contribution in [0.4, 0.5) is 4.39 Å². The van der Waals surface area contributed by atoms with E-state index in [9.17, 15) is 4.39 Å². The van der Waals surface area contributed by atoms with Crippen molar-refractivity contribution in [2.45, 2.75) is 18.9 Å². The first kappa shape index (κ1) is 11.4. The fourth-order valence-corrected chi connectivity index (χ4v) is 1.73. The molecule has 1 saturated carbocycles. The fraction of sp³-hybridized carbons (Fsp3) is 0.417. The van der Waals surface area contributed by atoms with Crippen LogP contribution in [0.2, 0.25) is 5.02 Å². The maximum atomic E-state index is 13.6. The Morgan fingerprint density at radius 2 is 2.31 bits per heavy atom. The summed E-state index contributed by atoms with van der Waals surface area (Å²) in [5, 5.41) is 12.4. The van der Waals surface area contributed by atoms with E-state index >= 15 is 0 Å². The van der Waals surface area contributed by atoms with Gasteiger partial charge in [0.1, 0.15) is 11.9 Å². The van der Waals surface area contributed by atoms with Gasteiger partial charge in [0, 0.05) is 10.6 Å². The number of halogens is 2. The predicted octanol–water partition coefficient (Wildman–Crippen LogP) is 3.04. The van der Waals surface area contributed by atoms with E-state index in [1.165, 1.54) is 18.9 Å². The van der Waals surface area contributed by atoms with Crippen LogP contribution >= 0.6 is 11.6 Å². The Labute approximate surface area is 99.0 Å². The average molecular weight is 239 g/mol. The van der Waals surface area contributed by atoms with Gasteiger partial charge in [0.2, 0.25) is 0 Å². The minimum absolute atomic E-state index is 0.347. The fourth-order valence-electron chi connectivity index (χ4n) is 1.57. The number of rotatable bonds is 4. The topological polar surface area (TPSA) is 35.8 Å². The van der Waals surface area contributed by atoms with Crippen molar-refractivity contribution >= 4 is 11.6 Å². The lowest BCUT2D eigenvalue weighted by molar-refractivity contribution is 0.548. The third-order valence-electron chi connectivity index (χ3n) is 2.71. The molecule has 1 N–H and O–H groups in total. The quantitative estimate of drug-likeness (QED) is 0.875. The molecule has 0 aromatic heterocycles. The molecule has 2 nitrogen and oxygen atoms in total. The van der Waals surface area contributed by atoms with Crippen LogP contribution < -0.4 is 5.32 Å². The molecule has 1 unspecified atom stereocenters. The standard InChI is InChI=1S/C12H12ClFN2/c13-9-3-4-10(11(14)5-9)12(6-15)16-7-8-1-2-8/h3-5,8,12,16H,1-2,7H2. The van der Waals surface area contributed by atoms with Crippen molar-refractivity contribution in [3.63, 3.8) is 0 Å². The average Bonchev–Trinajstić information content (AvgIpc) is 3.05. The first-order valence-electron chi connectivity index (χ1n) is 5.28. The molecule has 1 aliphatic rings. The van der Waals surface area contributed by atoms with Crippen LogP contribution in [0.3, 0.4) is 0 Å². The van der Waals surface area contributed by atoms with E-state index < -0.39 is 11.9 Å². The molecule has 0 bridgehead atoms. The van der Waals surface area contributed by atoms with Gasteiger partial charge in [-0.05, 0) is 37.4 Å². The number of hydrogen-bond acceptors (Lipinski definition) is 2. The van der Waals surface area contributed by atoms with Crippen LogP contribution in [-0.2, 0) is 0 Å². The molecule has 0 saturated heterocycles. The van der Waals surface area contributed by atoms with Gasteiger partial charge >= 0.3 is 0 Å². The smallest absolute Gasteiger partial charge is 0.130 e. The lowest BCUT2D eigenvalue weighted by Crippen LogP contribution is -2.23. The van der Waals surface area contributed by atoms with Gasteiger partial charge in [0.15, 0.2) is 0 Å². The van der Waals surface area contributed by atoms with Crippen molar-refractivity contribution in [1.82, 2.24) is 5.32 Å². The zero-order valence-electron chi connectivity index (χ0n) is 8.71. The van der Waals surface area contributed by atoms with E-state index in [0.29, 0.717) is 16.5 Å². The molecule has 4 heteroatoms. The summed E-state index contributed by atoms with van der Waals surface area (Å²) >= 11 is 5.66. The van der Waals surface area contributed by atoms with E-state index in [2.05, 4.69) is 11.4 Å². The Hall–Kier alpha value is -1.11. The van der Waals surface area contributed by atoms with Gasteiger partial charge in [0.05, 0.1) is 6.07 Å². The summed E-state index contributed by atoms with van der Waals surface area (Å²) in [4.78, 5) is 0. The molecule has 0 amide bonds. The van der Waals surface area contributed by atoms with Gasteiger partial charge in [-0.25, -0.2) is 4.39 Å². The Bertz CT molecular complexity index is 424. The molecule has 1 atom stereocenters. The van der Waals surface area contributed by atoms with Gasteiger partial charge in [-0.1, -0.05) is 17.7 Å². The molecule has 2 rings (SSSR count). The summed E-state index contributed by atoms with van der Waals surface area (Å²) < 4.78 is 13.6. The second-order valence-corrected chi connectivity index (χ2v) is 4.52. The van der Waals surface area contributed by atoms with Crippen molar-refractivity contribution in [3.05, 3.63) is 34.6 Å². The molecule has 1 fully saturated rings. The van der Waals surface area contributed by atoms with Crippen molar-refractivity contribution in [2.24, 2.45) is 5.92 Å². The molecular formula is C12H12ClFN2. The summed E-state index contributed by atoms with van der Waals surface area (Å²) in [6, 6.07) is 5.88.